The first kappa shape index (κ1) is 11.2. The van der Waals surface area contributed by atoms with Gasteiger partial charge in [-0.25, -0.2) is 0 Å². The van der Waals surface area contributed by atoms with Gasteiger partial charge in [-0.1, -0.05) is 37.3 Å². The van der Waals surface area contributed by atoms with E-state index >= 15 is 0 Å². The largest absolute Gasteiger partial charge is 0.336 e. The van der Waals surface area contributed by atoms with Gasteiger partial charge in [-0.05, 0) is 24.8 Å². The molecular formula is C14H19NO. The van der Waals surface area contributed by atoms with Crippen LogP contribution in [-0.4, -0.2) is 17.4 Å². The van der Waals surface area contributed by atoms with E-state index < -0.39 is 0 Å². The molecule has 16 heavy (non-hydrogen) atoms. The summed E-state index contributed by atoms with van der Waals surface area (Å²) in [6.07, 6.45) is 1.72. The van der Waals surface area contributed by atoms with Crippen LogP contribution in [0.3, 0.4) is 0 Å². The minimum Gasteiger partial charge on any atom is -0.336 e. The molecule has 0 unspecified atom stereocenters. The summed E-state index contributed by atoms with van der Waals surface area (Å²) in [5, 5.41) is 0. The van der Waals surface area contributed by atoms with Crippen molar-refractivity contribution < 1.29 is 4.79 Å². The summed E-state index contributed by atoms with van der Waals surface area (Å²) in [6.45, 7) is 5.11. The number of likely N-dealkylation sites (tertiary alicyclic amines) is 1. The van der Waals surface area contributed by atoms with Crippen molar-refractivity contribution >= 4 is 5.91 Å². The third kappa shape index (κ3) is 1.97. The van der Waals surface area contributed by atoms with E-state index in [1.54, 1.807) is 0 Å². The van der Waals surface area contributed by atoms with Crippen LogP contribution in [0.2, 0.25) is 0 Å². The first-order valence-corrected chi connectivity index (χ1v) is 6.08. The molecule has 0 N–H and O–H groups in total. The number of benzene rings is 1. The minimum atomic E-state index is 0.271. The predicted molar refractivity (Wildman–Crippen MR) is 65.0 cm³/mol. The molecule has 1 fully saturated rings. The highest BCUT2D eigenvalue weighted by Gasteiger charge is 2.32. The highest BCUT2D eigenvalue weighted by molar-refractivity contribution is 5.77. The topological polar surface area (TPSA) is 20.3 Å². The lowest BCUT2D eigenvalue weighted by Crippen LogP contribution is -2.41. The van der Waals surface area contributed by atoms with Gasteiger partial charge in [0.25, 0.3) is 0 Å². The Bertz CT molecular complexity index is 360. The van der Waals surface area contributed by atoms with E-state index in [1.165, 1.54) is 5.56 Å². The van der Waals surface area contributed by atoms with Crippen molar-refractivity contribution in [1.82, 2.24) is 4.90 Å². The second-order valence-electron chi connectivity index (χ2n) is 4.55. The van der Waals surface area contributed by atoms with Crippen molar-refractivity contribution in [3.05, 3.63) is 35.9 Å². The third-order valence-corrected chi connectivity index (χ3v) is 3.49. The fraction of sp³-hybridized carbons (Fsp3) is 0.500. The van der Waals surface area contributed by atoms with E-state index in [-0.39, 0.29) is 6.04 Å². The van der Waals surface area contributed by atoms with Gasteiger partial charge in [-0.3, -0.25) is 4.79 Å². The monoisotopic (exact) mass is 217 g/mol. The van der Waals surface area contributed by atoms with E-state index in [4.69, 9.17) is 0 Å². The van der Waals surface area contributed by atoms with Gasteiger partial charge >= 0.3 is 0 Å². The molecule has 1 aliphatic rings. The lowest BCUT2D eigenvalue weighted by Gasteiger charge is -2.39. The Morgan fingerprint density at radius 3 is 2.62 bits per heavy atom. The van der Waals surface area contributed by atoms with Crippen LogP contribution in [0.25, 0.3) is 0 Å². The van der Waals surface area contributed by atoms with Gasteiger partial charge in [0.15, 0.2) is 0 Å². The van der Waals surface area contributed by atoms with Crippen molar-refractivity contribution in [1.29, 1.82) is 0 Å². The predicted octanol–water partition coefficient (Wildman–Crippen LogP) is 3.01. The maximum absolute atomic E-state index is 11.9. The van der Waals surface area contributed by atoms with Gasteiger partial charge in [0.05, 0.1) is 6.04 Å². The normalized spacial score (nSPS) is 25.9. The molecule has 0 aromatic heterocycles. The van der Waals surface area contributed by atoms with Gasteiger partial charge < -0.3 is 4.90 Å². The van der Waals surface area contributed by atoms with Crippen LogP contribution < -0.4 is 0 Å². The molecule has 1 aromatic rings. The number of hydrogen-bond acceptors (Lipinski definition) is 1. The molecule has 1 saturated heterocycles. The SMILES string of the molecule is CCN1C(=O)CC[C@@H](C)[C@@H]1c1ccccc1. The molecule has 2 atom stereocenters. The smallest absolute Gasteiger partial charge is 0.223 e. The Hall–Kier alpha value is -1.31. The van der Waals surface area contributed by atoms with Crippen LogP contribution >= 0.6 is 0 Å². The summed E-state index contributed by atoms with van der Waals surface area (Å²) < 4.78 is 0. The number of piperidine rings is 1. The second-order valence-corrected chi connectivity index (χ2v) is 4.55. The molecule has 0 saturated carbocycles. The fourth-order valence-corrected chi connectivity index (χ4v) is 2.65. The van der Waals surface area contributed by atoms with Crippen molar-refractivity contribution in [3.8, 4) is 0 Å². The van der Waals surface area contributed by atoms with Crippen molar-refractivity contribution in [2.75, 3.05) is 6.54 Å². The molecular weight excluding hydrogens is 198 g/mol. The Balaban J connectivity index is 2.31. The molecule has 1 heterocycles. The average molecular weight is 217 g/mol. The van der Waals surface area contributed by atoms with Crippen molar-refractivity contribution in [2.45, 2.75) is 32.7 Å². The van der Waals surface area contributed by atoms with Gasteiger partial charge in [-0.15, -0.1) is 0 Å². The lowest BCUT2D eigenvalue weighted by molar-refractivity contribution is -0.138. The molecule has 2 heteroatoms. The minimum absolute atomic E-state index is 0.271. The summed E-state index contributed by atoms with van der Waals surface area (Å²) in [7, 11) is 0. The molecule has 1 aliphatic heterocycles. The molecule has 1 aromatic carbocycles. The van der Waals surface area contributed by atoms with Gasteiger partial charge in [0.1, 0.15) is 0 Å². The standard InChI is InChI=1S/C14H19NO/c1-3-15-13(16)10-9-11(2)14(15)12-7-5-4-6-8-12/h4-8,11,14H,3,9-10H2,1-2H3/t11-,14-/m1/s1. The van der Waals surface area contributed by atoms with Crippen LogP contribution in [0, 0.1) is 5.92 Å². The maximum Gasteiger partial charge on any atom is 0.223 e. The van der Waals surface area contributed by atoms with E-state index in [9.17, 15) is 4.79 Å². The van der Waals surface area contributed by atoms with Gasteiger partial charge in [0.2, 0.25) is 5.91 Å². The quantitative estimate of drug-likeness (QED) is 0.745. The summed E-state index contributed by atoms with van der Waals surface area (Å²) in [5.74, 6) is 0.856. The highest BCUT2D eigenvalue weighted by Crippen LogP contribution is 2.35. The maximum atomic E-state index is 11.9. The van der Waals surface area contributed by atoms with Crippen molar-refractivity contribution in [3.63, 3.8) is 0 Å². The summed E-state index contributed by atoms with van der Waals surface area (Å²) >= 11 is 0. The number of amides is 1. The fourth-order valence-electron chi connectivity index (χ4n) is 2.65. The summed E-state index contributed by atoms with van der Waals surface area (Å²) in [4.78, 5) is 13.9. The van der Waals surface area contributed by atoms with Gasteiger partial charge in [-0.2, -0.15) is 0 Å². The van der Waals surface area contributed by atoms with Crippen LogP contribution in [0.1, 0.15) is 38.3 Å². The Labute approximate surface area is 97.3 Å². The zero-order valence-electron chi connectivity index (χ0n) is 10.0. The van der Waals surface area contributed by atoms with Crippen LogP contribution in [-0.2, 0) is 4.79 Å². The number of carbonyl (C=O) groups excluding carboxylic acids is 1. The lowest BCUT2D eigenvalue weighted by atomic mass is 9.86. The van der Waals surface area contributed by atoms with Crippen LogP contribution in [0.15, 0.2) is 30.3 Å². The Kier molecular flexibility index (Phi) is 3.28. The highest BCUT2D eigenvalue weighted by atomic mass is 16.2. The molecule has 0 bridgehead atoms. The molecule has 0 radical (unpaired) electrons. The zero-order chi connectivity index (χ0) is 11.5. The van der Waals surface area contributed by atoms with Crippen LogP contribution in [0.5, 0.6) is 0 Å². The number of carbonyl (C=O) groups is 1. The molecule has 2 rings (SSSR count). The molecule has 0 spiro atoms. The summed E-state index contributed by atoms with van der Waals surface area (Å²) in [5.41, 5.74) is 1.27. The molecule has 2 nitrogen and oxygen atoms in total. The Morgan fingerprint density at radius 2 is 2.00 bits per heavy atom. The first-order valence-electron chi connectivity index (χ1n) is 6.08. The first-order chi connectivity index (χ1) is 7.74. The van der Waals surface area contributed by atoms with E-state index in [2.05, 4.69) is 38.1 Å². The third-order valence-electron chi connectivity index (χ3n) is 3.49. The van der Waals surface area contributed by atoms with Crippen LogP contribution in [0.4, 0.5) is 0 Å². The average Bonchev–Trinajstić information content (AvgIpc) is 2.33. The van der Waals surface area contributed by atoms with E-state index in [0.717, 1.165) is 13.0 Å². The zero-order valence-corrected chi connectivity index (χ0v) is 10.0. The molecule has 1 amide bonds. The number of nitrogens with zero attached hydrogens (tertiary/aromatic N) is 1. The second kappa shape index (κ2) is 4.69. The number of rotatable bonds is 2. The summed E-state index contributed by atoms with van der Waals surface area (Å²) in [6, 6.07) is 10.6. The van der Waals surface area contributed by atoms with Gasteiger partial charge in [0, 0.05) is 13.0 Å². The number of hydrogen-bond donors (Lipinski definition) is 0. The van der Waals surface area contributed by atoms with E-state index in [1.807, 2.05) is 11.0 Å². The van der Waals surface area contributed by atoms with Crippen molar-refractivity contribution in [2.24, 2.45) is 5.92 Å². The molecule has 0 aliphatic carbocycles. The van der Waals surface area contributed by atoms with E-state index in [0.29, 0.717) is 18.2 Å². The Morgan fingerprint density at radius 1 is 1.31 bits per heavy atom. The molecule has 86 valence electrons.